The first-order valence-electron chi connectivity index (χ1n) is 6.35. The standard InChI is InChI=1S/C13H13BrNO.CHF3O3S/c1-15-9-3-2-4-13(15)16-10-11-5-7-12(14)8-6-11;2-1(3,4)8(5,6)7/h2-9H,10H2,1H3;(H,5,6,7)/q+1;/p-1. The van der Waals surface area contributed by atoms with Crippen LogP contribution in [0.1, 0.15) is 5.56 Å². The van der Waals surface area contributed by atoms with Gasteiger partial charge in [-0.25, -0.2) is 8.42 Å². The Morgan fingerprint density at radius 3 is 2.17 bits per heavy atom. The summed E-state index contributed by atoms with van der Waals surface area (Å²) in [5.41, 5.74) is -4.49. The maximum atomic E-state index is 10.7. The highest BCUT2D eigenvalue weighted by molar-refractivity contribution is 9.10. The summed E-state index contributed by atoms with van der Waals surface area (Å²) in [5, 5.41) is 0. The van der Waals surface area contributed by atoms with Crippen molar-refractivity contribution in [3.05, 3.63) is 58.7 Å². The lowest BCUT2D eigenvalue weighted by molar-refractivity contribution is -0.677. The first kappa shape index (κ1) is 20.4. The third-order valence-corrected chi connectivity index (χ3v) is 3.69. The number of nitrogens with zero attached hydrogens (tertiary/aromatic N) is 1. The molecule has 2 aromatic rings. The van der Waals surface area contributed by atoms with Gasteiger partial charge in [-0.3, -0.25) is 0 Å². The molecule has 0 fully saturated rings. The van der Waals surface area contributed by atoms with Gasteiger partial charge in [-0.1, -0.05) is 28.1 Å². The van der Waals surface area contributed by atoms with E-state index < -0.39 is 15.6 Å². The van der Waals surface area contributed by atoms with Crippen molar-refractivity contribution in [3.8, 4) is 5.88 Å². The largest absolute Gasteiger partial charge is 0.741 e. The molecule has 0 amide bonds. The van der Waals surface area contributed by atoms with Gasteiger partial charge >= 0.3 is 11.4 Å². The quantitative estimate of drug-likeness (QED) is 0.428. The Balaban J connectivity index is 0.000000307. The van der Waals surface area contributed by atoms with Crippen molar-refractivity contribution in [2.75, 3.05) is 0 Å². The molecular weight excluding hydrogens is 415 g/mol. The van der Waals surface area contributed by atoms with Crippen molar-refractivity contribution >= 4 is 26.0 Å². The number of alkyl halides is 3. The molecule has 10 heteroatoms. The number of hydrogen-bond donors (Lipinski definition) is 0. The van der Waals surface area contributed by atoms with E-state index in [1.807, 2.05) is 60.3 Å². The molecule has 0 N–H and O–H groups in total. The van der Waals surface area contributed by atoms with E-state index in [-0.39, 0.29) is 0 Å². The molecule has 1 aromatic carbocycles. The van der Waals surface area contributed by atoms with Crippen LogP contribution in [-0.2, 0) is 23.8 Å². The second-order valence-electron chi connectivity index (χ2n) is 4.46. The Bertz CT molecular complexity index is 764. The van der Waals surface area contributed by atoms with Gasteiger partial charge in [0.2, 0.25) is 0 Å². The van der Waals surface area contributed by atoms with Gasteiger partial charge in [-0.05, 0) is 23.8 Å². The molecule has 0 saturated carbocycles. The summed E-state index contributed by atoms with van der Waals surface area (Å²) in [6.45, 7) is 0.588. The maximum Gasteiger partial charge on any atom is 0.485 e. The summed E-state index contributed by atoms with van der Waals surface area (Å²) in [7, 11) is -4.12. The Kier molecular flexibility index (Phi) is 7.18. The predicted octanol–water partition coefficient (Wildman–Crippen LogP) is 2.90. The molecule has 1 aromatic heterocycles. The summed E-state index contributed by atoms with van der Waals surface area (Å²) in [4.78, 5) is 0. The third-order valence-electron chi connectivity index (χ3n) is 2.59. The van der Waals surface area contributed by atoms with Crippen molar-refractivity contribution in [2.45, 2.75) is 12.1 Å². The van der Waals surface area contributed by atoms with Crippen LogP contribution >= 0.6 is 15.9 Å². The molecular formula is C14H13BrF3NO4S. The molecule has 0 aliphatic carbocycles. The average molecular weight is 428 g/mol. The minimum Gasteiger partial charge on any atom is -0.741 e. The summed E-state index contributed by atoms with van der Waals surface area (Å²) >= 11 is 3.41. The summed E-state index contributed by atoms with van der Waals surface area (Å²) in [6.07, 6.45) is 1.97. The molecule has 24 heavy (non-hydrogen) atoms. The number of aromatic nitrogens is 1. The van der Waals surface area contributed by atoms with E-state index in [0.717, 1.165) is 15.9 Å². The van der Waals surface area contributed by atoms with Gasteiger partial charge in [0.05, 0.1) is 6.07 Å². The lowest BCUT2D eigenvalue weighted by Crippen LogP contribution is -2.29. The van der Waals surface area contributed by atoms with Crippen LogP contribution in [0.5, 0.6) is 5.88 Å². The molecule has 5 nitrogen and oxygen atoms in total. The van der Waals surface area contributed by atoms with Crippen molar-refractivity contribution in [3.63, 3.8) is 0 Å². The van der Waals surface area contributed by atoms with E-state index in [1.165, 1.54) is 0 Å². The molecule has 2 rings (SSSR count). The lowest BCUT2D eigenvalue weighted by atomic mass is 10.2. The zero-order valence-electron chi connectivity index (χ0n) is 12.3. The number of ether oxygens (including phenoxy) is 1. The van der Waals surface area contributed by atoms with E-state index in [0.29, 0.717) is 6.61 Å². The van der Waals surface area contributed by atoms with Gasteiger partial charge in [0.1, 0.15) is 13.7 Å². The topological polar surface area (TPSA) is 70.3 Å². The third kappa shape index (κ3) is 6.85. The van der Waals surface area contributed by atoms with Crippen molar-refractivity contribution in [2.24, 2.45) is 7.05 Å². The smallest absolute Gasteiger partial charge is 0.485 e. The fourth-order valence-electron chi connectivity index (χ4n) is 1.40. The minimum absolute atomic E-state index is 0.588. The van der Waals surface area contributed by atoms with Crippen molar-refractivity contribution in [1.29, 1.82) is 0 Å². The molecule has 132 valence electrons. The Labute approximate surface area is 145 Å². The van der Waals surface area contributed by atoms with Crippen molar-refractivity contribution < 1.29 is 35.4 Å². The lowest BCUT2D eigenvalue weighted by Gasteiger charge is -2.08. The number of halogens is 4. The molecule has 0 spiro atoms. The monoisotopic (exact) mass is 427 g/mol. The molecule has 0 saturated heterocycles. The molecule has 0 atom stereocenters. The number of hydrogen-bond acceptors (Lipinski definition) is 4. The Morgan fingerprint density at radius 2 is 1.71 bits per heavy atom. The van der Waals surface area contributed by atoms with E-state index in [2.05, 4.69) is 15.9 Å². The average Bonchev–Trinajstić information content (AvgIpc) is 2.47. The van der Waals surface area contributed by atoms with Crippen LogP contribution in [0.2, 0.25) is 0 Å². The van der Waals surface area contributed by atoms with Crippen LogP contribution in [0.15, 0.2) is 53.1 Å². The molecule has 0 bridgehead atoms. The summed E-state index contributed by atoms with van der Waals surface area (Å²) < 4.78 is 67.7. The SMILES string of the molecule is C[n+]1ccccc1OCc1ccc(Br)cc1.O=S(=O)([O-])C(F)(F)F. The van der Waals surface area contributed by atoms with Crippen LogP contribution < -0.4 is 9.30 Å². The molecule has 0 aliphatic rings. The zero-order chi connectivity index (χ0) is 18.4. The second kappa shape index (κ2) is 8.45. The van der Waals surface area contributed by atoms with Crippen LogP contribution in [0.4, 0.5) is 13.2 Å². The maximum absolute atomic E-state index is 10.7. The molecule has 0 unspecified atom stereocenters. The normalized spacial score (nSPS) is 11.4. The minimum atomic E-state index is -6.09. The van der Waals surface area contributed by atoms with Crippen LogP contribution in [-0.4, -0.2) is 18.5 Å². The Morgan fingerprint density at radius 1 is 1.17 bits per heavy atom. The molecule has 1 heterocycles. The van der Waals surface area contributed by atoms with E-state index in [1.54, 1.807) is 0 Å². The summed E-state index contributed by atoms with van der Waals surface area (Å²) in [5.74, 6) is 0.866. The van der Waals surface area contributed by atoms with Crippen molar-refractivity contribution in [1.82, 2.24) is 0 Å². The fourth-order valence-corrected chi connectivity index (χ4v) is 1.66. The summed E-state index contributed by atoms with van der Waals surface area (Å²) in [6, 6.07) is 14.0. The number of benzene rings is 1. The number of aryl methyl sites for hydroxylation is 1. The fraction of sp³-hybridized carbons (Fsp3) is 0.214. The van der Waals surface area contributed by atoms with Gasteiger partial charge in [-0.2, -0.15) is 17.7 Å². The second-order valence-corrected chi connectivity index (χ2v) is 6.75. The van der Waals surface area contributed by atoms with E-state index >= 15 is 0 Å². The predicted molar refractivity (Wildman–Crippen MR) is 81.8 cm³/mol. The first-order valence-corrected chi connectivity index (χ1v) is 8.55. The molecule has 0 aliphatic heterocycles. The van der Waals surface area contributed by atoms with Gasteiger partial charge in [0.25, 0.3) is 0 Å². The number of rotatable bonds is 3. The highest BCUT2D eigenvalue weighted by Crippen LogP contribution is 2.20. The Hall–Kier alpha value is -1.65. The van der Waals surface area contributed by atoms with Gasteiger partial charge in [0, 0.05) is 10.5 Å². The molecule has 0 radical (unpaired) electrons. The van der Waals surface area contributed by atoms with E-state index in [4.69, 9.17) is 17.7 Å². The van der Waals surface area contributed by atoms with E-state index in [9.17, 15) is 13.2 Å². The van der Waals surface area contributed by atoms with Gasteiger partial charge in [0.15, 0.2) is 16.3 Å². The van der Waals surface area contributed by atoms with Gasteiger partial charge in [-0.15, -0.1) is 0 Å². The first-order chi connectivity index (χ1) is 11.0. The number of pyridine rings is 1. The highest BCUT2D eigenvalue weighted by atomic mass is 79.9. The van der Waals surface area contributed by atoms with Crippen LogP contribution in [0, 0.1) is 0 Å². The van der Waals surface area contributed by atoms with Gasteiger partial charge < -0.3 is 9.29 Å². The van der Waals surface area contributed by atoms with Crippen LogP contribution in [0.25, 0.3) is 0 Å². The zero-order valence-corrected chi connectivity index (χ0v) is 14.7. The highest BCUT2D eigenvalue weighted by Gasteiger charge is 2.36. The van der Waals surface area contributed by atoms with Crippen LogP contribution in [0.3, 0.4) is 0 Å².